The number of hydrogen-bond donors (Lipinski definition) is 2. The maximum atomic E-state index is 13.3. The van der Waals surface area contributed by atoms with Crippen LogP contribution in [0.1, 0.15) is 30.1 Å². The van der Waals surface area contributed by atoms with E-state index >= 15 is 0 Å². The average molecular weight is 425 g/mol. The highest BCUT2D eigenvalue weighted by Crippen LogP contribution is 2.31. The molecule has 2 N–H and O–H groups in total. The Labute approximate surface area is 185 Å². The molecule has 0 bridgehead atoms. The molecule has 0 spiro atoms. The number of benzene rings is 2. The van der Waals surface area contributed by atoms with Gasteiger partial charge in [0.2, 0.25) is 5.91 Å². The van der Waals surface area contributed by atoms with Gasteiger partial charge in [0, 0.05) is 29.4 Å². The molecule has 160 valence electrons. The van der Waals surface area contributed by atoms with Crippen molar-refractivity contribution in [2.24, 2.45) is 5.92 Å². The number of anilines is 2. The lowest BCUT2D eigenvalue weighted by molar-refractivity contribution is -0.117. The molecule has 2 aromatic heterocycles. The summed E-state index contributed by atoms with van der Waals surface area (Å²) in [7, 11) is 0. The Kier molecular flexibility index (Phi) is 5.15. The van der Waals surface area contributed by atoms with Gasteiger partial charge in [-0.1, -0.05) is 36.4 Å². The van der Waals surface area contributed by atoms with E-state index in [1.807, 2.05) is 49.4 Å². The first-order chi connectivity index (χ1) is 15.6. The Hall–Kier alpha value is -4.00. The van der Waals surface area contributed by atoms with Gasteiger partial charge in [-0.05, 0) is 44.0 Å². The lowest BCUT2D eigenvalue weighted by atomic mass is 10.1. The summed E-state index contributed by atoms with van der Waals surface area (Å²) in [6.07, 6.45) is 3.56. The Morgan fingerprint density at radius 2 is 1.75 bits per heavy atom. The Morgan fingerprint density at radius 3 is 2.47 bits per heavy atom. The third kappa shape index (κ3) is 3.97. The van der Waals surface area contributed by atoms with Crippen molar-refractivity contribution in [2.45, 2.75) is 26.3 Å². The largest absolute Gasteiger partial charge is 0.326 e. The topological polar surface area (TPSA) is 88.9 Å². The molecular weight excluding hydrogens is 402 g/mol. The molecule has 0 unspecified atom stereocenters. The lowest BCUT2D eigenvalue weighted by Crippen LogP contribution is -2.15. The van der Waals surface area contributed by atoms with E-state index in [0.29, 0.717) is 40.2 Å². The molecule has 0 aliphatic heterocycles. The number of nitrogens with zero attached hydrogens (tertiary/aromatic N) is 3. The predicted molar refractivity (Wildman–Crippen MR) is 124 cm³/mol. The van der Waals surface area contributed by atoms with E-state index in [-0.39, 0.29) is 17.7 Å². The van der Waals surface area contributed by atoms with Gasteiger partial charge >= 0.3 is 0 Å². The molecule has 7 heteroatoms. The molecule has 1 aliphatic carbocycles. The van der Waals surface area contributed by atoms with Crippen molar-refractivity contribution in [1.29, 1.82) is 0 Å². The Balaban J connectivity index is 1.48. The predicted octanol–water partition coefficient (Wildman–Crippen LogP) is 4.72. The number of rotatable bonds is 6. The van der Waals surface area contributed by atoms with E-state index in [9.17, 15) is 9.59 Å². The van der Waals surface area contributed by atoms with Crippen LogP contribution in [0.3, 0.4) is 0 Å². The minimum absolute atomic E-state index is 0.0313. The van der Waals surface area contributed by atoms with Gasteiger partial charge in [-0.3, -0.25) is 9.59 Å². The molecule has 1 saturated carbocycles. The number of aryl methyl sites for hydroxylation is 1. The molecular formula is C25H23N5O2. The van der Waals surface area contributed by atoms with Gasteiger partial charge in [-0.25, -0.2) is 9.67 Å². The minimum Gasteiger partial charge on any atom is -0.326 e. The monoisotopic (exact) mass is 425 g/mol. The number of hydrogen-bond acceptors (Lipinski definition) is 4. The van der Waals surface area contributed by atoms with E-state index in [1.54, 1.807) is 29.1 Å². The molecule has 0 radical (unpaired) electrons. The van der Waals surface area contributed by atoms with Crippen molar-refractivity contribution < 1.29 is 9.59 Å². The molecule has 0 atom stereocenters. The number of carbonyl (C=O) groups is 2. The highest BCUT2D eigenvalue weighted by Gasteiger charge is 2.29. The maximum Gasteiger partial charge on any atom is 0.256 e. The van der Waals surface area contributed by atoms with Crippen LogP contribution in [0.15, 0.2) is 66.9 Å². The molecule has 0 saturated heterocycles. The van der Waals surface area contributed by atoms with E-state index in [0.717, 1.165) is 18.4 Å². The average Bonchev–Trinajstić information content (AvgIpc) is 3.59. The molecule has 2 amide bonds. The summed E-state index contributed by atoms with van der Waals surface area (Å²) in [4.78, 5) is 30.1. The number of amides is 2. The molecule has 2 heterocycles. The smallest absolute Gasteiger partial charge is 0.256 e. The van der Waals surface area contributed by atoms with Gasteiger partial charge in [-0.2, -0.15) is 5.10 Å². The van der Waals surface area contributed by atoms with E-state index in [4.69, 9.17) is 4.98 Å². The van der Waals surface area contributed by atoms with Crippen molar-refractivity contribution in [3.63, 3.8) is 0 Å². The first-order valence-electron chi connectivity index (χ1n) is 10.8. The number of carbonyl (C=O) groups excluding carboxylic acids is 2. The fourth-order valence-corrected chi connectivity index (χ4v) is 3.69. The summed E-state index contributed by atoms with van der Waals surface area (Å²) in [6.45, 7) is 2.64. The first-order valence-corrected chi connectivity index (χ1v) is 10.8. The van der Waals surface area contributed by atoms with E-state index in [2.05, 4.69) is 15.7 Å². The quantitative estimate of drug-likeness (QED) is 0.468. The molecule has 1 aliphatic rings. The van der Waals surface area contributed by atoms with Crippen LogP contribution in [-0.2, 0) is 11.3 Å². The standard InChI is InChI=1S/C25H23N5O2/c1-2-30-23-21(15-26-30)20(14-22(29-23)16-7-4-3-5-8-16)25(32)28-19-10-6-9-18(13-19)27-24(31)17-11-12-17/h3-10,13-15,17H,2,11-12H2,1H3,(H,27,31)(H,28,32). The highest BCUT2D eigenvalue weighted by molar-refractivity contribution is 6.12. The number of fused-ring (bicyclic) bond motifs is 1. The second kappa shape index (κ2) is 8.26. The second-order valence-corrected chi connectivity index (χ2v) is 7.92. The second-order valence-electron chi connectivity index (χ2n) is 7.92. The summed E-state index contributed by atoms with van der Waals surface area (Å²) in [5.41, 5.74) is 4.09. The van der Waals surface area contributed by atoms with Gasteiger partial charge < -0.3 is 10.6 Å². The molecule has 4 aromatic rings. The van der Waals surface area contributed by atoms with Gasteiger partial charge in [0.25, 0.3) is 5.91 Å². The summed E-state index contributed by atoms with van der Waals surface area (Å²) >= 11 is 0. The fraction of sp³-hybridized carbons (Fsp3) is 0.200. The highest BCUT2D eigenvalue weighted by atomic mass is 16.2. The molecule has 5 rings (SSSR count). The van der Waals surface area contributed by atoms with E-state index < -0.39 is 0 Å². The zero-order valence-corrected chi connectivity index (χ0v) is 17.7. The number of pyridine rings is 1. The number of nitrogens with one attached hydrogen (secondary N) is 2. The molecule has 1 fully saturated rings. The van der Waals surface area contributed by atoms with Crippen LogP contribution in [0.2, 0.25) is 0 Å². The van der Waals surface area contributed by atoms with Gasteiger partial charge in [-0.15, -0.1) is 0 Å². The fourth-order valence-electron chi connectivity index (χ4n) is 3.69. The van der Waals surface area contributed by atoms with Crippen LogP contribution in [0.4, 0.5) is 11.4 Å². The van der Waals surface area contributed by atoms with Gasteiger partial charge in [0.05, 0.1) is 22.8 Å². The third-order valence-corrected chi connectivity index (χ3v) is 5.56. The zero-order chi connectivity index (χ0) is 22.1. The van der Waals surface area contributed by atoms with Crippen LogP contribution >= 0.6 is 0 Å². The maximum absolute atomic E-state index is 13.3. The Morgan fingerprint density at radius 1 is 1.00 bits per heavy atom. The molecule has 32 heavy (non-hydrogen) atoms. The summed E-state index contributed by atoms with van der Waals surface area (Å²) in [5.74, 6) is -0.107. The van der Waals surface area contributed by atoms with Crippen LogP contribution in [0.5, 0.6) is 0 Å². The third-order valence-electron chi connectivity index (χ3n) is 5.56. The van der Waals surface area contributed by atoms with Crippen LogP contribution in [0.25, 0.3) is 22.3 Å². The summed E-state index contributed by atoms with van der Waals surface area (Å²) in [5, 5.41) is 11.0. The van der Waals surface area contributed by atoms with Crippen molar-refractivity contribution >= 4 is 34.2 Å². The van der Waals surface area contributed by atoms with Crippen molar-refractivity contribution in [3.8, 4) is 11.3 Å². The van der Waals surface area contributed by atoms with Crippen LogP contribution < -0.4 is 10.6 Å². The normalized spacial score (nSPS) is 13.2. The lowest BCUT2D eigenvalue weighted by Gasteiger charge is -2.11. The van der Waals surface area contributed by atoms with Crippen molar-refractivity contribution in [1.82, 2.24) is 14.8 Å². The van der Waals surface area contributed by atoms with Crippen molar-refractivity contribution in [3.05, 3.63) is 72.4 Å². The summed E-state index contributed by atoms with van der Waals surface area (Å²) < 4.78 is 1.78. The SMILES string of the molecule is CCn1ncc2c(C(=O)Nc3cccc(NC(=O)C4CC4)c3)cc(-c3ccccc3)nc21. The summed E-state index contributed by atoms with van der Waals surface area (Å²) in [6, 6.07) is 18.8. The van der Waals surface area contributed by atoms with Crippen LogP contribution in [0, 0.1) is 5.92 Å². The molecule has 2 aromatic carbocycles. The first kappa shape index (κ1) is 19.9. The van der Waals surface area contributed by atoms with Crippen LogP contribution in [-0.4, -0.2) is 26.6 Å². The van der Waals surface area contributed by atoms with Crippen molar-refractivity contribution in [2.75, 3.05) is 10.6 Å². The Bertz CT molecular complexity index is 1310. The molecule has 7 nitrogen and oxygen atoms in total. The number of aromatic nitrogens is 3. The van der Waals surface area contributed by atoms with E-state index in [1.165, 1.54) is 0 Å². The minimum atomic E-state index is -0.254. The van der Waals surface area contributed by atoms with Gasteiger partial charge in [0.1, 0.15) is 0 Å². The zero-order valence-electron chi connectivity index (χ0n) is 17.7. The van der Waals surface area contributed by atoms with Gasteiger partial charge in [0.15, 0.2) is 5.65 Å².